The molecule has 0 aromatic rings. The number of hydrogen-bond donors (Lipinski definition) is 1. The van der Waals surface area contributed by atoms with Crippen LogP contribution in [0.15, 0.2) is 0 Å². The van der Waals surface area contributed by atoms with E-state index in [2.05, 4.69) is 26.1 Å². The van der Waals surface area contributed by atoms with Gasteiger partial charge in [-0.2, -0.15) is 0 Å². The molecule has 68 valence electrons. The van der Waals surface area contributed by atoms with Crippen LogP contribution in [0.2, 0.25) is 0 Å². The lowest BCUT2D eigenvalue weighted by Crippen LogP contribution is -2.25. The maximum Gasteiger partial charge on any atom is 0.0362 e. The third-order valence-corrected chi connectivity index (χ3v) is 3.89. The van der Waals surface area contributed by atoms with Crippen molar-refractivity contribution in [1.82, 2.24) is 5.32 Å². The van der Waals surface area contributed by atoms with Gasteiger partial charge in [-0.05, 0) is 13.0 Å². The molecule has 11 heavy (non-hydrogen) atoms. The SMILES string of the molecule is CNCCS(=O)C(C)C(C)C. The van der Waals surface area contributed by atoms with E-state index in [-0.39, 0.29) is 0 Å². The predicted octanol–water partition coefficient (Wildman–Crippen LogP) is 0.999. The molecular weight excluding hydrogens is 158 g/mol. The standard InChI is InChI=1S/C8H19NOS/c1-7(2)8(3)11(10)6-5-9-4/h7-9H,5-6H2,1-4H3. The molecule has 0 aliphatic rings. The average Bonchev–Trinajstić information content (AvgIpc) is 1.98. The summed E-state index contributed by atoms with van der Waals surface area (Å²) in [6.45, 7) is 7.13. The summed E-state index contributed by atoms with van der Waals surface area (Å²) in [4.78, 5) is 0. The zero-order valence-corrected chi connectivity index (χ0v) is 8.70. The summed E-state index contributed by atoms with van der Waals surface area (Å²) in [6.07, 6.45) is 0. The Kier molecular flexibility index (Phi) is 5.78. The van der Waals surface area contributed by atoms with Crippen molar-refractivity contribution in [3.8, 4) is 0 Å². The summed E-state index contributed by atoms with van der Waals surface area (Å²) in [5.41, 5.74) is 0. The van der Waals surface area contributed by atoms with E-state index in [1.165, 1.54) is 0 Å². The van der Waals surface area contributed by atoms with Crippen LogP contribution in [0.5, 0.6) is 0 Å². The second-order valence-electron chi connectivity index (χ2n) is 3.14. The minimum absolute atomic E-state index is 0.323. The third-order valence-electron chi connectivity index (χ3n) is 1.91. The maximum absolute atomic E-state index is 11.4. The highest BCUT2D eigenvalue weighted by Crippen LogP contribution is 2.07. The summed E-state index contributed by atoms with van der Waals surface area (Å²) >= 11 is 0. The molecule has 2 atom stereocenters. The van der Waals surface area contributed by atoms with E-state index < -0.39 is 10.8 Å². The monoisotopic (exact) mass is 177 g/mol. The van der Waals surface area contributed by atoms with Crippen molar-refractivity contribution in [1.29, 1.82) is 0 Å². The average molecular weight is 177 g/mol. The van der Waals surface area contributed by atoms with Gasteiger partial charge in [0.05, 0.1) is 0 Å². The molecule has 0 aromatic heterocycles. The van der Waals surface area contributed by atoms with Gasteiger partial charge >= 0.3 is 0 Å². The Morgan fingerprint density at radius 1 is 1.36 bits per heavy atom. The first-order valence-electron chi connectivity index (χ1n) is 4.11. The molecule has 0 aliphatic carbocycles. The van der Waals surface area contributed by atoms with E-state index in [4.69, 9.17) is 0 Å². The molecule has 0 aliphatic heterocycles. The van der Waals surface area contributed by atoms with E-state index in [1.54, 1.807) is 0 Å². The Balaban J connectivity index is 3.64. The quantitative estimate of drug-likeness (QED) is 0.679. The van der Waals surface area contributed by atoms with Crippen molar-refractivity contribution in [2.45, 2.75) is 26.0 Å². The molecule has 0 saturated carbocycles. The molecule has 2 unspecified atom stereocenters. The number of nitrogens with one attached hydrogen (secondary N) is 1. The van der Waals surface area contributed by atoms with Crippen LogP contribution >= 0.6 is 0 Å². The first kappa shape index (κ1) is 11.1. The molecule has 3 heteroatoms. The Hall–Kier alpha value is 0.110. The minimum Gasteiger partial charge on any atom is -0.319 e. The van der Waals surface area contributed by atoms with Crippen LogP contribution in [-0.2, 0) is 10.8 Å². The van der Waals surface area contributed by atoms with Crippen LogP contribution < -0.4 is 5.32 Å². The molecule has 0 aromatic carbocycles. The highest BCUT2D eigenvalue weighted by molar-refractivity contribution is 7.85. The van der Waals surface area contributed by atoms with Gasteiger partial charge in [0.1, 0.15) is 0 Å². The van der Waals surface area contributed by atoms with Gasteiger partial charge in [0.25, 0.3) is 0 Å². The normalized spacial score (nSPS) is 16.8. The fourth-order valence-corrected chi connectivity index (χ4v) is 2.08. The van der Waals surface area contributed by atoms with E-state index in [0.29, 0.717) is 11.2 Å². The first-order chi connectivity index (χ1) is 5.09. The van der Waals surface area contributed by atoms with Gasteiger partial charge in [-0.25, -0.2) is 0 Å². The molecule has 0 heterocycles. The molecule has 2 nitrogen and oxygen atoms in total. The highest BCUT2D eigenvalue weighted by atomic mass is 32.2. The third kappa shape index (κ3) is 4.53. The van der Waals surface area contributed by atoms with Crippen LogP contribution in [0.3, 0.4) is 0 Å². The van der Waals surface area contributed by atoms with Gasteiger partial charge in [0, 0.05) is 28.3 Å². The summed E-state index contributed by atoms with van der Waals surface area (Å²) in [7, 11) is 1.23. The van der Waals surface area contributed by atoms with E-state index >= 15 is 0 Å². The molecule has 0 rings (SSSR count). The van der Waals surface area contributed by atoms with E-state index in [1.807, 2.05) is 7.05 Å². The van der Waals surface area contributed by atoms with E-state index in [0.717, 1.165) is 12.3 Å². The zero-order chi connectivity index (χ0) is 8.85. The molecule has 0 bridgehead atoms. The fourth-order valence-electron chi connectivity index (χ4n) is 0.692. The topological polar surface area (TPSA) is 29.1 Å². The predicted molar refractivity (Wildman–Crippen MR) is 51.2 cm³/mol. The van der Waals surface area contributed by atoms with Crippen molar-refractivity contribution in [3.05, 3.63) is 0 Å². The highest BCUT2D eigenvalue weighted by Gasteiger charge is 2.13. The van der Waals surface area contributed by atoms with Gasteiger partial charge in [0.15, 0.2) is 0 Å². The van der Waals surface area contributed by atoms with Crippen molar-refractivity contribution >= 4 is 10.8 Å². The second-order valence-corrected chi connectivity index (χ2v) is 5.05. The minimum atomic E-state index is -0.657. The molecule has 0 fully saturated rings. The van der Waals surface area contributed by atoms with Crippen molar-refractivity contribution in [2.24, 2.45) is 5.92 Å². The summed E-state index contributed by atoms with van der Waals surface area (Å²) in [6, 6.07) is 0. The molecule has 0 spiro atoms. The lowest BCUT2D eigenvalue weighted by Gasteiger charge is -2.14. The molecule has 0 radical (unpaired) electrons. The fraction of sp³-hybridized carbons (Fsp3) is 1.00. The Bertz CT molecular complexity index is 125. The second kappa shape index (κ2) is 5.72. The molecule has 1 N–H and O–H groups in total. The van der Waals surface area contributed by atoms with Crippen LogP contribution in [0, 0.1) is 5.92 Å². The molecule has 0 saturated heterocycles. The van der Waals surface area contributed by atoms with Crippen LogP contribution in [0.25, 0.3) is 0 Å². The van der Waals surface area contributed by atoms with Crippen molar-refractivity contribution < 1.29 is 4.21 Å². The lowest BCUT2D eigenvalue weighted by atomic mass is 10.2. The van der Waals surface area contributed by atoms with Gasteiger partial charge in [0.2, 0.25) is 0 Å². The van der Waals surface area contributed by atoms with Gasteiger partial charge < -0.3 is 5.32 Å². The summed E-state index contributed by atoms with van der Waals surface area (Å²) < 4.78 is 11.4. The van der Waals surface area contributed by atoms with Crippen LogP contribution in [-0.4, -0.2) is 28.8 Å². The van der Waals surface area contributed by atoms with Gasteiger partial charge in [-0.15, -0.1) is 0 Å². The maximum atomic E-state index is 11.4. The summed E-state index contributed by atoms with van der Waals surface area (Å²) in [5, 5.41) is 3.32. The number of rotatable bonds is 5. The Morgan fingerprint density at radius 2 is 1.91 bits per heavy atom. The van der Waals surface area contributed by atoms with Crippen molar-refractivity contribution in [3.63, 3.8) is 0 Å². The van der Waals surface area contributed by atoms with E-state index in [9.17, 15) is 4.21 Å². The van der Waals surface area contributed by atoms with Gasteiger partial charge in [-0.1, -0.05) is 20.8 Å². The lowest BCUT2D eigenvalue weighted by molar-refractivity contribution is 0.604. The summed E-state index contributed by atoms with van der Waals surface area (Å²) in [5.74, 6) is 1.29. The van der Waals surface area contributed by atoms with Crippen molar-refractivity contribution in [2.75, 3.05) is 19.3 Å². The van der Waals surface area contributed by atoms with Crippen LogP contribution in [0.4, 0.5) is 0 Å². The number of hydrogen-bond acceptors (Lipinski definition) is 2. The van der Waals surface area contributed by atoms with Crippen LogP contribution in [0.1, 0.15) is 20.8 Å². The first-order valence-corrected chi connectivity index (χ1v) is 5.49. The van der Waals surface area contributed by atoms with Gasteiger partial charge in [-0.3, -0.25) is 4.21 Å². The Morgan fingerprint density at radius 3 is 2.27 bits per heavy atom. The largest absolute Gasteiger partial charge is 0.319 e. The molecule has 0 amide bonds. The smallest absolute Gasteiger partial charge is 0.0362 e. The zero-order valence-electron chi connectivity index (χ0n) is 7.89. The Labute approximate surface area is 72.2 Å². The molecular formula is C8H19NOS.